The van der Waals surface area contributed by atoms with Crippen LogP contribution in [0.1, 0.15) is 0 Å². The molecule has 0 aliphatic carbocycles. The monoisotopic (exact) mass is 246 g/mol. The molecule has 66 valence electrons. The topological polar surface area (TPSA) is 9.23 Å². The lowest BCUT2D eigenvalue weighted by molar-refractivity contribution is 0.218. The van der Waals surface area contributed by atoms with E-state index in [1.165, 1.54) is 4.90 Å². The smallest absolute Gasteiger partial charge is 0.0556 e. The molecule has 0 atom stereocenters. The van der Waals surface area contributed by atoms with Crippen molar-refractivity contribution >= 4 is 27.7 Å². The summed E-state index contributed by atoms with van der Waals surface area (Å²) in [7, 11) is 1.72. The fourth-order valence-corrected chi connectivity index (χ4v) is 2.28. The molecule has 0 heterocycles. The first kappa shape index (κ1) is 10.1. The Kier molecular flexibility index (Phi) is 4.73. The van der Waals surface area contributed by atoms with Gasteiger partial charge in [0.25, 0.3) is 0 Å². The Bertz CT molecular complexity index is 240. The molecule has 0 aliphatic heterocycles. The van der Waals surface area contributed by atoms with Crippen LogP contribution in [-0.4, -0.2) is 19.5 Å². The second-order valence-electron chi connectivity index (χ2n) is 2.27. The molecule has 0 unspecified atom stereocenters. The van der Waals surface area contributed by atoms with Crippen LogP contribution in [0, 0.1) is 0 Å². The molecule has 0 saturated carbocycles. The van der Waals surface area contributed by atoms with Crippen molar-refractivity contribution in [3.63, 3.8) is 0 Å². The van der Waals surface area contributed by atoms with Crippen LogP contribution in [0.2, 0.25) is 0 Å². The first-order chi connectivity index (χ1) is 5.84. The van der Waals surface area contributed by atoms with Crippen molar-refractivity contribution in [1.82, 2.24) is 0 Å². The minimum absolute atomic E-state index is 0.798. The Hall–Kier alpha value is 0.01000. The molecule has 0 radical (unpaired) electrons. The fourth-order valence-electron chi connectivity index (χ4n) is 0.797. The molecule has 0 fully saturated rings. The zero-order chi connectivity index (χ0) is 8.81. The molecule has 0 N–H and O–H groups in total. The SMILES string of the molecule is COCCSc1ccccc1Br. The van der Waals surface area contributed by atoms with Gasteiger partial charge in [-0.2, -0.15) is 0 Å². The number of hydrogen-bond acceptors (Lipinski definition) is 2. The highest BCUT2D eigenvalue weighted by atomic mass is 79.9. The maximum atomic E-state index is 4.97. The fraction of sp³-hybridized carbons (Fsp3) is 0.333. The molecular formula is C9H11BrOS. The zero-order valence-corrected chi connectivity index (χ0v) is 9.32. The summed E-state index contributed by atoms with van der Waals surface area (Å²) in [6.07, 6.45) is 0. The Morgan fingerprint density at radius 2 is 2.17 bits per heavy atom. The summed E-state index contributed by atoms with van der Waals surface area (Å²) in [5.74, 6) is 0.999. The average molecular weight is 247 g/mol. The second-order valence-corrected chi connectivity index (χ2v) is 4.26. The largest absolute Gasteiger partial charge is 0.384 e. The zero-order valence-electron chi connectivity index (χ0n) is 6.92. The Morgan fingerprint density at radius 1 is 1.42 bits per heavy atom. The van der Waals surface area contributed by atoms with E-state index >= 15 is 0 Å². The van der Waals surface area contributed by atoms with Gasteiger partial charge in [-0.15, -0.1) is 11.8 Å². The van der Waals surface area contributed by atoms with Crippen LogP contribution in [0.3, 0.4) is 0 Å². The van der Waals surface area contributed by atoms with Gasteiger partial charge in [0.2, 0.25) is 0 Å². The van der Waals surface area contributed by atoms with Crippen molar-refractivity contribution in [2.75, 3.05) is 19.5 Å². The second kappa shape index (κ2) is 5.62. The maximum Gasteiger partial charge on any atom is 0.0556 e. The third-order valence-electron chi connectivity index (χ3n) is 1.38. The van der Waals surface area contributed by atoms with Crippen molar-refractivity contribution in [1.29, 1.82) is 0 Å². The van der Waals surface area contributed by atoms with Gasteiger partial charge in [-0.1, -0.05) is 12.1 Å². The summed E-state index contributed by atoms with van der Waals surface area (Å²) in [5, 5.41) is 0. The van der Waals surface area contributed by atoms with E-state index in [2.05, 4.69) is 28.1 Å². The van der Waals surface area contributed by atoms with Crippen LogP contribution in [-0.2, 0) is 4.74 Å². The molecule has 1 rings (SSSR count). The maximum absolute atomic E-state index is 4.97. The lowest BCUT2D eigenvalue weighted by atomic mass is 10.4. The molecule has 0 aromatic heterocycles. The van der Waals surface area contributed by atoms with Crippen LogP contribution < -0.4 is 0 Å². The molecule has 1 aromatic carbocycles. The predicted octanol–water partition coefficient (Wildman–Crippen LogP) is 3.19. The third kappa shape index (κ3) is 3.17. The van der Waals surface area contributed by atoms with Gasteiger partial charge in [0.15, 0.2) is 0 Å². The molecule has 1 aromatic rings. The van der Waals surface area contributed by atoms with E-state index in [1.807, 2.05) is 12.1 Å². The van der Waals surface area contributed by atoms with Crippen molar-refractivity contribution in [3.05, 3.63) is 28.7 Å². The number of thioether (sulfide) groups is 1. The molecule has 0 aliphatic rings. The van der Waals surface area contributed by atoms with Crippen LogP contribution in [0.4, 0.5) is 0 Å². The van der Waals surface area contributed by atoms with Crippen LogP contribution in [0.15, 0.2) is 33.6 Å². The highest BCUT2D eigenvalue weighted by molar-refractivity contribution is 9.10. The summed E-state index contributed by atoms with van der Waals surface area (Å²) in [5.41, 5.74) is 0. The Labute approximate surface area is 85.6 Å². The molecule has 12 heavy (non-hydrogen) atoms. The molecule has 0 spiro atoms. The number of ether oxygens (including phenoxy) is 1. The van der Waals surface area contributed by atoms with Crippen molar-refractivity contribution in [2.45, 2.75) is 4.90 Å². The minimum atomic E-state index is 0.798. The minimum Gasteiger partial charge on any atom is -0.384 e. The number of halogens is 1. The number of methoxy groups -OCH3 is 1. The van der Waals surface area contributed by atoms with E-state index < -0.39 is 0 Å². The first-order valence-electron chi connectivity index (χ1n) is 3.71. The van der Waals surface area contributed by atoms with Gasteiger partial charge in [-0.05, 0) is 28.1 Å². The standard InChI is InChI=1S/C9H11BrOS/c1-11-6-7-12-9-5-3-2-4-8(9)10/h2-5H,6-7H2,1H3. The van der Waals surface area contributed by atoms with E-state index in [0.717, 1.165) is 16.8 Å². The van der Waals surface area contributed by atoms with Gasteiger partial charge in [0, 0.05) is 22.2 Å². The number of benzene rings is 1. The summed E-state index contributed by atoms with van der Waals surface area (Å²) in [4.78, 5) is 1.27. The molecule has 0 saturated heterocycles. The normalized spacial score (nSPS) is 10.2. The number of rotatable bonds is 4. The molecule has 3 heteroatoms. The van der Waals surface area contributed by atoms with E-state index in [4.69, 9.17) is 4.74 Å². The molecular weight excluding hydrogens is 236 g/mol. The van der Waals surface area contributed by atoms with E-state index in [-0.39, 0.29) is 0 Å². The summed E-state index contributed by atoms with van der Waals surface area (Å²) in [6, 6.07) is 8.21. The van der Waals surface area contributed by atoms with Gasteiger partial charge >= 0.3 is 0 Å². The Morgan fingerprint density at radius 3 is 2.83 bits per heavy atom. The lowest BCUT2D eigenvalue weighted by Crippen LogP contribution is -1.90. The highest BCUT2D eigenvalue weighted by Gasteiger charge is 1.97. The van der Waals surface area contributed by atoms with Crippen LogP contribution in [0.5, 0.6) is 0 Å². The third-order valence-corrected chi connectivity index (χ3v) is 3.37. The van der Waals surface area contributed by atoms with Crippen LogP contribution in [0.25, 0.3) is 0 Å². The van der Waals surface area contributed by atoms with Crippen molar-refractivity contribution in [2.24, 2.45) is 0 Å². The van der Waals surface area contributed by atoms with Crippen molar-refractivity contribution in [3.8, 4) is 0 Å². The Balaban J connectivity index is 2.46. The molecule has 0 bridgehead atoms. The molecule has 1 nitrogen and oxygen atoms in total. The summed E-state index contributed by atoms with van der Waals surface area (Å²) in [6.45, 7) is 0.798. The summed E-state index contributed by atoms with van der Waals surface area (Å²) < 4.78 is 6.13. The van der Waals surface area contributed by atoms with Crippen molar-refractivity contribution < 1.29 is 4.74 Å². The summed E-state index contributed by atoms with van der Waals surface area (Å²) >= 11 is 5.29. The lowest BCUT2D eigenvalue weighted by Gasteiger charge is -2.02. The predicted molar refractivity (Wildman–Crippen MR) is 56.7 cm³/mol. The van der Waals surface area contributed by atoms with E-state index in [9.17, 15) is 0 Å². The van der Waals surface area contributed by atoms with E-state index in [1.54, 1.807) is 18.9 Å². The quantitative estimate of drug-likeness (QED) is 0.597. The highest BCUT2D eigenvalue weighted by Crippen LogP contribution is 2.26. The number of hydrogen-bond donors (Lipinski definition) is 0. The first-order valence-corrected chi connectivity index (χ1v) is 5.48. The van der Waals surface area contributed by atoms with Gasteiger partial charge in [-0.25, -0.2) is 0 Å². The van der Waals surface area contributed by atoms with Gasteiger partial charge in [-0.3, -0.25) is 0 Å². The van der Waals surface area contributed by atoms with Gasteiger partial charge in [0.1, 0.15) is 0 Å². The average Bonchev–Trinajstić information content (AvgIpc) is 2.09. The van der Waals surface area contributed by atoms with Gasteiger partial charge in [0.05, 0.1) is 6.61 Å². The molecule has 0 amide bonds. The van der Waals surface area contributed by atoms with Gasteiger partial charge < -0.3 is 4.74 Å². The van der Waals surface area contributed by atoms with E-state index in [0.29, 0.717) is 0 Å². The van der Waals surface area contributed by atoms with Crippen LogP contribution >= 0.6 is 27.7 Å².